The molecule has 0 aromatic carbocycles. The normalized spacial score (nSPS) is 23.2. The van der Waals surface area contributed by atoms with Crippen LogP contribution in [0.4, 0.5) is 0 Å². The maximum Gasteiger partial charge on any atom is 0.317 e. The predicted octanol–water partition coefficient (Wildman–Crippen LogP) is -0.754. The molecule has 0 radical (unpaired) electrons. The summed E-state index contributed by atoms with van der Waals surface area (Å²) >= 11 is 0. The summed E-state index contributed by atoms with van der Waals surface area (Å²) in [5.74, 6) is -0.753. The SMILES string of the molecule is CC(C(N)=O)N1CCCC(CNCC(=O)O)C1. The third kappa shape index (κ3) is 4.70. The molecule has 1 fully saturated rings. The lowest BCUT2D eigenvalue weighted by molar-refractivity contribution is -0.136. The van der Waals surface area contributed by atoms with E-state index in [1.807, 2.05) is 6.92 Å². The van der Waals surface area contributed by atoms with Gasteiger partial charge in [0.25, 0.3) is 0 Å². The highest BCUT2D eigenvalue weighted by Gasteiger charge is 2.25. The summed E-state index contributed by atoms with van der Waals surface area (Å²) in [6.45, 7) is 4.17. The van der Waals surface area contributed by atoms with Gasteiger partial charge in [0.15, 0.2) is 0 Å². The van der Waals surface area contributed by atoms with Crippen LogP contribution in [0.15, 0.2) is 0 Å². The first-order valence-corrected chi connectivity index (χ1v) is 5.96. The van der Waals surface area contributed by atoms with Crippen LogP contribution < -0.4 is 11.1 Å². The minimum atomic E-state index is -0.844. The van der Waals surface area contributed by atoms with Crippen LogP contribution in [-0.2, 0) is 9.59 Å². The number of carboxylic acids is 1. The van der Waals surface area contributed by atoms with Crippen molar-refractivity contribution in [2.75, 3.05) is 26.2 Å². The molecule has 98 valence electrons. The summed E-state index contributed by atoms with van der Waals surface area (Å²) in [6, 6.07) is -0.239. The van der Waals surface area contributed by atoms with Crippen molar-refractivity contribution in [3.05, 3.63) is 0 Å². The number of carboxylic acid groups (broad SMARTS) is 1. The Balaban J connectivity index is 2.33. The van der Waals surface area contributed by atoms with Gasteiger partial charge in [0.05, 0.1) is 12.6 Å². The van der Waals surface area contributed by atoms with E-state index >= 15 is 0 Å². The fraction of sp³-hybridized carbons (Fsp3) is 0.818. The summed E-state index contributed by atoms with van der Waals surface area (Å²) < 4.78 is 0. The first-order chi connectivity index (χ1) is 8.00. The fourth-order valence-corrected chi connectivity index (χ4v) is 2.18. The molecule has 6 heteroatoms. The van der Waals surface area contributed by atoms with Crippen LogP contribution in [0.3, 0.4) is 0 Å². The number of primary amides is 1. The molecule has 2 unspecified atom stereocenters. The van der Waals surface area contributed by atoms with Gasteiger partial charge in [-0.05, 0) is 38.8 Å². The van der Waals surface area contributed by atoms with Crippen molar-refractivity contribution in [1.82, 2.24) is 10.2 Å². The number of hydrogen-bond acceptors (Lipinski definition) is 4. The van der Waals surface area contributed by atoms with E-state index in [1.54, 1.807) is 0 Å². The van der Waals surface area contributed by atoms with Gasteiger partial charge in [-0.25, -0.2) is 0 Å². The minimum absolute atomic E-state index is 0.0120. The maximum absolute atomic E-state index is 11.1. The van der Waals surface area contributed by atoms with E-state index in [0.717, 1.165) is 25.9 Å². The molecule has 2 atom stereocenters. The lowest BCUT2D eigenvalue weighted by Gasteiger charge is -2.35. The number of rotatable bonds is 6. The molecular formula is C11H21N3O3. The Morgan fingerprint density at radius 2 is 2.29 bits per heavy atom. The van der Waals surface area contributed by atoms with E-state index in [1.165, 1.54) is 0 Å². The van der Waals surface area contributed by atoms with Gasteiger partial charge < -0.3 is 16.2 Å². The van der Waals surface area contributed by atoms with Crippen LogP contribution in [0.25, 0.3) is 0 Å². The van der Waals surface area contributed by atoms with Gasteiger partial charge in [-0.2, -0.15) is 0 Å². The van der Waals surface area contributed by atoms with Gasteiger partial charge in [-0.15, -0.1) is 0 Å². The Morgan fingerprint density at radius 3 is 2.88 bits per heavy atom. The molecule has 1 rings (SSSR count). The highest BCUT2D eigenvalue weighted by atomic mass is 16.4. The van der Waals surface area contributed by atoms with Crippen molar-refractivity contribution < 1.29 is 14.7 Å². The molecule has 0 spiro atoms. The summed E-state index contributed by atoms with van der Waals surface area (Å²) in [5.41, 5.74) is 5.28. The van der Waals surface area contributed by atoms with Crippen LogP contribution >= 0.6 is 0 Å². The number of likely N-dealkylation sites (tertiary alicyclic amines) is 1. The van der Waals surface area contributed by atoms with E-state index in [0.29, 0.717) is 12.5 Å². The Hall–Kier alpha value is -1.14. The van der Waals surface area contributed by atoms with Crippen molar-refractivity contribution in [1.29, 1.82) is 0 Å². The minimum Gasteiger partial charge on any atom is -0.480 e. The number of nitrogens with one attached hydrogen (secondary N) is 1. The van der Waals surface area contributed by atoms with Gasteiger partial charge in [0.1, 0.15) is 0 Å². The highest BCUT2D eigenvalue weighted by molar-refractivity contribution is 5.79. The molecule has 0 bridgehead atoms. The van der Waals surface area contributed by atoms with Crippen molar-refractivity contribution in [2.24, 2.45) is 11.7 Å². The molecule has 0 aromatic rings. The lowest BCUT2D eigenvalue weighted by atomic mass is 9.96. The van der Waals surface area contributed by atoms with Gasteiger partial charge in [-0.1, -0.05) is 0 Å². The summed E-state index contributed by atoms with van der Waals surface area (Å²) in [6.07, 6.45) is 2.09. The van der Waals surface area contributed by atoms with Gasteiger partial charge in [-0.3, -0.25) is 14.5 Å². The first kappa shape index (κ1) is 13.9. The lowest BCUT2D eigenvalue weighted by Crippen LogP contribution is -2.49. The molecule has 1 aliphatic rings. The monoisotopic (exact) mass is 243 g/mol. The first-order valence-electron chi connectivity index (χ1n) is 5.96. The van der Waals surface area contributed by atoms with Crippen LogP contribution in [0.1, 0.15) is 19.8 Å². The Morgan fingerprint density at radius 1 is 1.59 bits per heavy atom. The molecule has 1 aliphatic heterocycles. The molecule has 6 nitrogen and oxygen atoms in total. The average Bonchev–Trinajstić information content (AvgIpc) is 2.28. The largest absolute Gasteiger partial charge is 0.480 e. The molecule has 0 saturated carbocycles. The van der Waals surface area contributed by atoms with Crippen LogP contribution in [0, 0.1) is 5.92 Å². The fourth-order valence-electron chi connectivity index (χ4n) is 2.18. The topological polar surface area (TPSA) is 95.7 Å². The van der Waals surface area contributed by atoms with Crippen LogP contribution in [-0.4, -0.2) is 54.1 Å². The molecule has 4 N–H and O–H groups in total. The van der Waals surface area contributed by atoms with Gasteiger partial charge >= 0.3 is 5.97 Å². The Kier molecular flexibility index (Phi) is 5.37. The van der Waals surface area contributed by atoms with Crippen molar-refractivity contribution >= 4 is 11.9 Å². The van der Waals surface area contributed by atoms with E-state index < -0.39 is 5.97 Å². The zero-order chi connectivity index (χ0) is 12.8. The summed E-state index contributed by atoms with van der Waals surface area (Å²) in [5, 5.41) is 11.4. The van der Waals surface area contributed by atoms with Crippen LogP contribution in [0.2, 0.25) is 0 Å². The predicted molar refractivity (Wildman–Crippen MR) is 63.5 cm³/mol. The van der Waals surface area contributed by atoms with Crippen LogP contribution in [0.5, 0.6) is 0 Å². The Bertz CT molecular complexity index is 283. The zero-order valence-corrected chi connectivity index (χ0v) is 10.2. The molecule has 17 heavy (non-hydrogen) atoms. The van der Waals surface area contributed by atoms with Gasteiger partial charge in [0.2, 0.25) is 5.91 Å². The van der Waals surface area contributed by atoms with E-state index in [4.69, 9.17) is 10.8 Å². The zero-order valence-electron chi connectivity index (χ0n) is 10.2. The third-order valence-corrected chi connectivity index (χ3v) is 3.22. The maximum atomic E-state index is 11.1. The van der Waals surface area contributed by atoms with Crippen molar-refractivity contribution in [3.8, 4) is 0 Å². The number of aliphatic carboxylic acids is 1. The number of amides is 1. The standard InChI is InChI=1S/C11H21N3O3/c1-8(11(12)17)14-4-2-3-9(7-14)5-13-6-10(15)16/h8-9,13H,2-7H2,1H3,(H2,12,17)(H,15,16). The molecule has 0 aromatic heterocycles. The number of nitrogens with two attached hydrogens (primary N) is 1. The third-order valence-electron chi connectivity index (χ3n) is 3.22. The highest BCUT2D eigenvalue weighted by Crippen LogP contribution is 2.17. The molecule has 1 saturated heterocycles. The number of piperidine rings is 1. The summed E-state index contributed by atoms with van der Waals surface area (Å²) in [4.78, 5) is 23.5. The second-order valence-electron chi connectivity index (χ2n) is 4.61. The summed E-state index contributed by atoms with van der Waals surface area (Å²) in [7, 11) is 0. The van der Waals surface area contributed by atoms with E-state index in [2.05, 4.69) is 10.2 Å². The molecule has 1 amide bonds. The Labute approximate surface area is 101 Å². The second-order valence-corrected chi connectivity index (χ2v) is 4.61. The average molecular weight is 243 g/mol. The molecular weight excluding hydrogens is 222 g/mol. The smallest absolute Gasteiger partial charge is 0.317 e. The second kappa shape index (κ2) is 6.56. The van der Waals surface area contributed by atoms with Crippen molar-refractivity contribution in [2.45, 2.75) is 25.8 Å². The number of hydrogen-bond donors (Lipinski definition) is 3. The van der Waals surface area contributed by atoms with E-state index in [-0.39, 0.29) is 18.5 Å². The van der Waals surface area contributed by atoms with Crippen molar-refractivity contribution in [3.63, 3.8) is 0 Å². The van der Waals surface area contributed by atoms with E-state index in [9.17, 15) is 9.59 Å². The number of carbonyl (C=O) groups excluding carboxylic acids is 1. The number of nitrogens with zero attached hydrogens (tertiary/aromatic N) is 1. The molecule has 1 heterocycles. The number of carbonyl (C=O) groups is 2. The van der Waals surface area contributed by atoms with Gasteiger partial charge in [0, 0.05) is 6.54 Å². The quantitative estimate of drug-likeness (QED) is 0.570. The molecule has 0 aliphatic carbocycles.